The molecule has 0 spiro atoms. The van der Waals surface area contributed by atoms with E-state index in [-0.39, 0.29) is 0 Å². The average Bonchev–Trinajstić information content (AvgIpc) is 2.31. The van der Waals surface area contributed by atoms with Gasteiger partial charge in [-0.1, -0.05) is 49.7 Å². The van der Waals surface area contributed by atoms with E-state index in [0.717, 1.165) is 19.0 Å². The Morgan fingerprint density at radius 2 is 1.89 bits per heavy atom. The predicted molar refractivity (Wildman–Crippen MR) is 90.9 cm³/mol. The zero-order chi connectivity index (χ0) is 14.3. The molecular weight excluding hydrogens is 318 g/mol. The molecule has 0 saturated heterocycles. The van der Waals surface area contributed by atoms with Crippen LogP contribution < -0.4 is 5.32 Å². The Kier molecular flexibility index (Phi) is 8.12. The molecule has 108 valence electrons. The molecular formula is C16H26BrNS. The fourth-order valence-electron chi connectivity index (χ4n) is 1.71. The van der Waals surface area contributed by atoms with E-state index in [1.807, 2.05) is 11.8 Å². The number of rotatable bonds is 8. The van der Waals surface area contributed by atoms with Crippen LogP contribution in [0.4, 0.5) is 0 Å². The van der Waals surface area contributed by atoms with E-state index in [1.54, 1.807) is 0 Å². The SMILES string of the molecule is CC(C)CCSc1cc(Br)ccc1CNCC(C)C. The molecule has 0 radical (unpaired) electrons. The Bertz CT molecular complexity index is 377. The minimum atomic E-state index is 0.701. The standard InChI is InChI=1S/C16H26BrNS/c1-12(2)7-8-19-16-9-15(17)6-5-14(16)11-18-10-13(3)4/h5-6,9,12-13,18H,7-8,10-11H2,1-4H3. The minimum Gasteiger partial charge on any atom is -0.312 e. The molecule has 0 bridgehead atoms. The van der Waals surface area contributed by atoms with Crippen LogP contribution in [0, 0.1) is 11.8 Å². The van der Waals surface area contributed by atoms with E-state index in [0.29, 0.717) is 5.92 Å². The second-order valence-corrected chi connectivity index (χ2v) is 7.86. The van der Waals surface area contributed by atoms with Gasteiger partial charge in [0, 0.05) is 15.9 Å². The molecule has 1 aromatic carbocycles. The summed E-state index contributed by atoms with van der Waals surface area (Å²) < 4.78 is 1.17. The first-order valence-corrected chi connectivity index (χ1v) is 8.88. The monoisotopic (exact) mass is 343 g/mol. The van der Waals surface area contributed by atoms with Gasteiger partial charge in [0.25, 0.3) is 0 Å². The van der Waals surface area contributed by atoms with Crippen molar-refractivity contribution in [2.24, 2.45) is 11.8 Å². The highest BCUT2D eigenvalue weighted by Crippen LogP contribution is 2.27. The molecule has 0 unspecified atom stereocenters. The van der Waals surface area contributed by atoms with E-state index in [2.05, 4.69) is 67.1 Å². The summed E-state index contributed by atoms with van der Waals surface area (Å²) in [7, 11) is 0. The lowest BCUT2D eigenvalue weighted by Crippen LogP contribution is -2.19. The number of nitrogens with one attached hydrogen (secondary N) is 1. The van der Waals surface area contributed by atoms with Gasteiger partial charge in [-0.05, 0) is 48.3 Å². The molecule has 0 atom stereocenters. The van der Waals surface area contributed by atoms with Crippen LogP contribution in [0.3, 0.4) is 0 Å². The first-order chi connectivity index (χ1) is 8.99. The normalized spacial score (nSPS) is 11.5. The van der Waals surface area contributed by atoms with Gasteiger partial charge in [-0.3, -0.25) is 0 Å². The number of benzene rings is 1. The van der Waals surface area contributed by atoms with Crippen LogP contribution in [0.25, 0.3) is 0 Å². The van der Waals surface area contributed by atoms with Crippen molar-refractivity contribution in [1.29, 1.82) is 0 Å². The van der Waals surface area contributed by atoms with Gasteiger partial charge in [-0.15, -0.1) is 11.8 Å². The second kappa shape index (κ2) is 9.04. The summed E-state index contributed by atoms with van der Waals surface area (Å²) in [4.78, 5) is 1.41. The molecule has 19 heavy (non-hydrogen) atoms. The van der Waals surface area contributed by atoms with E-state index in [9.17, 15) is 0 Å². The first kappa shape index (κ1) is 17.1. The molecule has 0 aliphatic rings. The molecule has 1 N–H and O–H groups in total. The maximum absolute atomic E-state index is 3.57. The highest BCUT2D eigenvalue weighted by molar-refractivity contribution is 9.10. The van der Waals surface area contributed by atoms with Crippen molar-refractivity contribution < 1.29 is 0 Å². The lowest BCUT2D eigenvalue weighted by Gasteiger charge is -2.13. The van der Waals surface area contributed by atoms with Crippen molar-refractivity contribution in [3.05, 3.63) is 28.2 Å². The Labute approximate surface area is 131 Å². The molecule has 1 rings (SSSR count). The van der Waals surface area contributed by atoms with Crippen molar-refractivity contribution in [2.75, 3.05) is 12.3 Å². The molecule has 1 nitrogen and oxygen atoms in total. The molecule has 0 saturated carbocycles. The summed E-state index contributed by atoms with van der Waals surface area (Å²) in [6.45, 7) is 11.1. The Morgan fingerprint density at radius 3 is 2.53 bits per heavy atom. The summed E-state index contributed by atoms with van der Waals surface area (Å²) in [6, 6.07) is 6.62. The summed E-state index contributed by atoms with van der Waals surface area (Å²) in [5.41, 5.74) is 1.41. The lowest BCUT2D eigenvalue weighted by molar-refractivity contribution is 0.550. The van der Waals surface area contributed by atoms with E-state index in [4.69, 9.17) is 0 Å². The van der Waals surface area contributed by atoms with Gasteiger partial charge in [0.05, 0.1) is 0 Å². The second-order valence-electron chi connectivity index (χ2n) is 5.81. The summed E-state index contributed by atoms with van der Waals surface area (Å²) in [5.74, 6) is 2.68. The van der Waals surface area contributed by atoms with Crippen LogP contribution in [-0.4, -0.2) is 12.3 Å². The molecule has 3 heteroatoms. The number of hydrogen-bond donors (Lipinski definition) is 1. The topological polar surface area (TPSA) is 12.0 Å². The zero-order valence-corrected chi connectivity index (χ0v) is 14.9. The molecule has 0 fully saturated rings. The maximum Gasteiger partial charge on any atom is 0.0216 e. The summed E-state index contributed by atoms with van der Waals surface area (Å²) in [6.07, 6.45) is 1.27. The van der Waals surface area contributed by atoms with Gasteiger partial charge >= 0.3 is 0 Å². The molecule has 0 aromatic heterocycles. The molecule has 0 amide bonds. The van der Waals surface area contributed by atoms with Crippen molar-refractivity contribution in [3.63, 3.8) is 0 Å². The fraction of sp³-hybridized carbons (Fsp3) is 0.625. The third-order valence-corrected chi connectivity index (χ3v) is 4.47. The summed E-state index contributed by atoms with van der Waals surface area (Å²) in [5, 5.41) is 3.53. The number of thioether (sulfide) groups is 1. The zero-order valence-electron chi connectivity index (χ0n) is 12.5. The van der Waals surface area contributed by atoms with Crippen LogP contribution in [0.2, 0.25) is 0 Å². The van der Waals surface area contributed by atoms with Crippen LogP contribution in [0.1, 0.15) is 39.7 Å². The highest BCUT2D eigenvalue weighted by Gasteiger charge is 2.05. The Hall–Kier alpha value is 0.01000. The maximum atomic E-state index is 3.57. The van der Waals surface area contributed by atoms with Crippen molar-refractivity contribution in [2.45, 2.75) is 45.6 Å². The van der Waals surface area contributed by atoms with Gasteiger partial charge in [0.15, 0.2) is 0 Å². The van der Waals surface area contributed by atoms with Crippen molar-refractivity contribution >= 4 is 27.7 Å². The van der Waals surface area contributed by atoms with Gasteiger partial charge in [0.1, 0.15) is 0 Å². The molecule has 0 heterocycles. The minimum absolute atomic E-state index is 0.701. The Morgan fingerprint density at radius 1 is 1.16 bits per heavy atom. The summed E-state index contributed by atoms with van der Waals surface area (Å²) >= 11 is 5.55. The lowest BCUT2D eigenvalue weighted by atomic mass is 10.2. The van der Waals surface area contributed by atoms with Gasteiger partial charge in [-0.2, -0.15) is 0 Å². The van der Waals surface area contributed by atoms with Crippen molar-refractivity contribution in [3.8, 4) is 0 Å². The van der Waals surface area contributed by atoms with Crippen LogP contribution in [0.15, 0.2) is 27.6 Å². The van der Waals surface area contributed by atoms with Gasteiger partial charge in [-0.25, -0.2) is 0 Å². The number of hydrogen-bond acceptors (Lipinski definition) is 2. The average molecular weight is 344 g/mol. The highest BCUT2D eigenvalue weighted by atomic mass is 79.9. The van der Waals surface area contributed by atoms with Gasteiger partial charge < -0.3 is 5.32 Å². The fourth-order valence-corrected chi connectivity index (χ4v) is 3.57. The smallest absolute Gasteiger partial charge is 0.0216 e. The first-order valence-electron chi connectivity index (χ1n) is 7.11. The molecule has 0 aliphatic heterocycles. The number of halogens is 1. The van der Waals surface area contributed by atoms with E-state index in [1.165, 1.54) is 27.1 Å². The Balaban J connectivity index is 2.58. The largest absolute Gasteiger partial charge is 0.312 e. The van der Waals surface area contributed by atoms with E-state index >= 15 is 0 Å². The van der Waals surface area contributed by atoms with Crippen molar-refractivity contribution in [1.82, 2.24) is 5.32 Å². The van der Waals surface area contributed by atoms with Crippen LogP contribution in [0.5, 0.6) is 0 Å². The molecule has 0 aliphatic carbocycles. The quantitative estimate of drug-likeness (QED) is 0.640. The third-order valence-electron chi connectivity index (χ3n) is 2.85. The van der Waals surface area contributed by atoms with E-state index < -0.39 is 0 Å². The van der Waals surface area contributed by atoms with Crippen LogP contribution >= 0.6 is 27.7 Å². The van der Waals surface area contributed by atoms with Gasteiger partial charge in [0.2, 0.25) is 0 Å². The predicted octanol–water partition coefficient (Wildman–Crippen LogP) is 5.33. The van der Waals surface area contributed by atoms with Crippen LogP contribution in [-0.2, 0) is 6.54 Å². The molecule has 1 aromatic rings. The third kappa shape index (κ3) is 7.38.